The summed E-state index contributed by atoms with van der Waals surface area (Å²) in [7, 11) is 3.39. The quantitative estimate of drug-likeness (QED) is 0.778. The molecule has 0 saturated carbocycles. The van der Waals surface area contributed by atoms with E-state index in [4.69, 9.17) is 16.3 Å². The monoisotopic (exact) mass is 255 g/mol. The Morgan fingerprint density at radius 3 is 2.41 bits per heavy atom. The molecule has 0 aliphatic carbocycles. The van der Waals surface area contributed by atoms with Crippen molar-refractivity contribution >= 4 is 23.2 Å². The third-order valence-electron chi connectivity index (χ3n) is 3.05. The van der Waals surface area contributed by atoms with Gasteiger partial charge in [-0.25, -0.2) is 0 Å². The van der Waals surface area contributed by atoms with Gasteiger partial charge >= 0.3 is 0 Å². The van der Waals surface area contributed by atoms with E-state index in [0.29, 0.717) is 0 Å². The van der Waals surface area contributed by atoms with E-state index in [-0.39, 0.29) is 11.8 Å². The highest BCUT2D eigenvalue weighted by molar-refractivity contribution is 6.29. The molecule has 0 saturated heterocycles. The molecule has 0 spiro atoms. The fraction of sp³-hybridized carbons (Fsp3) is 0.462. The molecule has 3 nitrogen and oxygen atoms in total. The van der Waals surface area contributed by atoms with E-state index >= 15 is 0 Å². The van der Waals surface area contributed by atoms with Gasteiger partial charge in [-0.1, -0.05) is 0 Å². The van der Waals surface area contributed by atoms with Crippen molar-refractivity contribution in [1.82, 2.24) is 0 Å². The maximum atomic E-state index is 11.6. The van der Waals surface area contributed by atoms with Gasteiger partial charge in [0.2, 0.25) is 5.91 Å². The van der Waals surface area contributed by atoms with Gasteiger partial charge in [0, 0.05) is 12.7 Å². The summed E-state index contributed by atoms with van der Waals surface area (Å²) in [5, 5.41) is 0. The van der Waals surface area contributed by atoms with Crippen molar-refractivity contribution in [2.75, 3.05) is 24.9 Å². The first-order valence-corrected chi connectivity index (χ1v) is 5.94. The number of hydrogen-bond donors (Lipinski definition) is 0. The molecule has 1 aromatic carbocycles. The van der Waals surface area contributed by atoms with Crippen molar-refractivity contribution in [3.8, 4) is 5.75 Å². The number of carbonyl (C=O) groups is 1. The highest BCUT2D eigenvalue weighted by atomic mass is 35.5. The largest absolute Gasteiger partial charge is 0.496 e. The predicted molar refractivity (Wildman–Crippen MR) is 71.3 cm³/mol. The Bertz CT molecular complexity index is 444. The summed E-state index contributed by atoms with van der Waals surface area (Å²) in [5.74, 6) is 0.747. The van der Waals surface area contributed by atoms with Crippen LogP contribution in [0, 0.1) is 20.8 Å². The minimum Gasteiger partial charge on any atom is -0.496 e. The lowest BCUT2D eigenvalue weighted by atomic mass is 10.0. The molecule has 0 aliphatic rings. The van der Waals surface area contributed by atoms with Crippen LogP contribution < -0.4 is 9.64 Å². The lowest BCUT2D eigenvalue weighted by Crippen LogP contribution is -2.28. The smallest absolute Gasteiger partial charge is 0.241 e. The van der Waals surface area contributed by atoms with E-state index in [1.807, 2.05) is 26.8 Å². The number of hydrogen-bond acceptors (Lipinski definition) is 2. The van der Waals surface area contributed by atoms with Crippen LogP contribution in [-0.2, 0) is 4.79 Å². The van der Waals surface area contributed by atoms with Crippen molar-refractivity contribution in [2.24, 2.45) is 0 Å². The number of nitrogens with zero attached hydrogens (tertiary/aromatic N) is 1. The topological polar surface area (TPSA) is 29.5 Å². The van der Waals surface area contributed by atoms with E-state index in [2.05, 4.69) is 0 Å². The fourth-order valence-electron chi connectivity index (χ4n) is 1.92. The van der Waals surface area contributed by atoms with Crippen LogP contribution in [0.4, 0.5) is 5.69 Å². The molecule has 0 unspecified atom stereocenters. The Labute approximate surface area is 107 Å². The second-order valence-electron chi connectivity index (χ2n) is 4.08. The summed E-state index contributed by atoms with van der Waals surface area (Å²) < 4.78 is 5.35. The number of alkyl halides is 1. The molecule has 0 aromatic heterocycles. The second-order valence-corrected chi connectivity index (χ2v) is 4.35. The van der Waals surface area contributed by atoms with Crippen LogP contribution in [-0.4, -0.2) is 25.9 Å². The van der Waals surface area contributed by atoms with Gasteiger partial charge in [-0.15, -0.1) is 11.6 Å². The summed E-state index contributed by atoms with van der Waals surface area (Å²) in [4.78, 5) is 13.2. The Kier molecular flexibility index (Phi) is 4.40. The molecule has 0 aliphatic heterocycles. The molecule has 0 heterocycles. The molecular weight excluding hydrogens is 238 g/mol. The number of rotatable bonds is 3. The molecule has 0 atom stereocenters. The molecule has 1 amide bonds. The lowest BCUT2D eigenvalue weighted by molar-refractivity contribution is -0.116. The zero-order valence-electron chi connectivity index (χ0n) is 10.9. The molecule has 94 valence electrons. The second kappa shape index (κ2) is 5.41. The van der Waals surface area contributed by atoms with Crippen molar-refractivity contribution in [1.29, 1.82) is 0 Å². The van der Waals surface area contributed by atoms with Crippen LogP contribution >= 0.6 is 11.6 Å². The highest BCUT2D eigenvalue weighted by Crippen LogP contribution is 2.33. The maximum Gasteiger partial charge on any atom is 0.241 e. The lowest BCUT2D eigenvalue weighted by Gasteiger charge is -2.22. The van der Waals surface area contributed by atoms with E-state index in [9.17, 15) is 4.79 Å². The summed E-state index contributed by atoms with van der Waals surface area (Å²) in [6.45, 7) is 5.93. The van der Waals surface area contributed by atoms with Crippen molar-refractivity contribution in [3.05, 3.63) is 22.8 Å². The van der Waals surface area contributed by atoms with Gasteiger partial charge in [0.15, 0.2) is 0 Å². The Morgan fingerprint density at radius 1 is 1.35 bits per heavy atom. The zero-order valence-corrected chi connectivity index (χ0v) is 11.7. The number of ether oxygens (including phenoxy) is 1. The van der Waals surface area contributed by atoms with Crippen LogP contribution in [0.15, 0.2) is 6.07 Å². The Hall–Kier alpha value is -1.22. The van der Waals surface area contributed by atoms with E-state index < -0.39 is 0 Å². The van der Waals surface area contributed by atoms with Gasteiger partial charge in [-0.2, -0.15) is 0 Å². The van der Waals surface area contributed by atoms with Gasteiger partial charge in [0.05, 0.1) is 7.11 Å². The Balaban J connectivity index is 3.32. The van der Waals surface area contributed by atoms with Gasteiger partial charge in [-0.3, -0.25) is 4.79 Å². The van der Waals surface area contributed by atoms with E-state index in [1.54, 1.807) is 19.1 Å². The summed E-state index contributed by atoms with van der Waals surface area (Å²) in [6, 6.07) is 1.95. The zero-order chi connectivity index (χ0) is 13.2. The van der Waals surface area contributed by atoms with Gasteiger partial charge in [0.1, 0.15) is 11.6 Å². The third kappa shape index (κ3) is 2.55. The average Bonchev–Trinajstić information content (AvgIpc) is 2.32. The first kappa shape index (κ1) is 13.8. The first-order valence-electron chi connectivity index (χ1n) is 5.41. The van der Waals surface area contributed by atoms with Crippen LogP contribution in [0.1, 0.15) is 16.7 Å². The van der Waals surface area contributed by atoms with Crippen LogP contribution in [0.3, 0.4) is 0 Å². The molecular formula is C13H18ClNO2. The molecule has 1 rings (SSSR count). The molecule has 0 N–H and O–H groups in total. The molecule has 1 aromatic rings. The minimum atomic E-state index is -0.112. The molecule has 0 bridgehead atoms. The number of halogens is 1. The molecule has 4 heteroatoms. The molecule has 0 radical (unpaired) electrons. The highest BCUT2D eigenvalue weighted by Gasteiger charge is 2.16. The fourth-order valence-corrected chi connectivity index (χ4v) is 2.10. The van der Waals surface area contributed by atoms with Crippen LogP contribution in [0.2, 0.25) is 0 Å². The molecule has 0 fully saturated rings. The van der Waals surface area contributed by atoms with Gasteiger partial charge < -0.3 is 9.64 Å². The maximum absolute atomic E-state index is 11.6. The van der Waals surface area contributed by atoms with Crippen molar-refractivity contribution < 1.29 is 9.53 Å². The number of anilines is 1. The van der Waals surface area contributed by atoms with Crippen LogP contribution in [0.5, 0.6) is 5.75 Å². The standard InChI is InChI=1S/C13H18ClNO2/c1-8-6-11(15(4)12(16)7-14)9(2)10(3)13(8)17-5/h6H,7H2,1-5H3. The predicted octanol–water partition coefficient (Wildman–Crippen LogP) is 2.82. The van der Waals surface area contributed by atoms with E-state index in [1.165, 1.54) is 0 Å². The minimum absolute atomic E-state index is 0.0138. The number of carbonyl (C=O) groups excluding carboxylic acids is 1. The van der Waals surface area contributed by atoms with E-state index in [0.717, 1.165) is 28.1 Å². The summed E-state index contributed by atoms with van der Waals surface area (Å²) in [5.41, 5.74) is 3.98. The number of methoxy groups -OCH3 is 1. The van der Waals surface area contributed by atoms with Crippen molar-refractivity contribution in [2.45, 2.75) is 20.8 Å². The number of benzene rings is 1. The summed E-state index contributed by atoms with van der Waals surface area (Å²) in [6.07, 6.45) is 0. The Morgan fingerprint density at radius 2 is 1.94 bits per heavy atom. The number of aryl methyl sites for hydroxylation is 1. The molecule has 17 heavy (non-hydrogen) atoms. The first-order chi connectivity index (χ1) is 7.93. The summed E-state index contributed by atoms with van der Waals surface area (Å²) >= 11 is 5.57. The van der Waals surface area contributed by atoms with Gasteiger partial charge in [0.25, 0.3) is 0 Å². The SMILES string of the molecule is COc1c(C)cc(N(C)C(=O)CCl)c(C)c1C. The van der Waals surface area contributed by atoms with Crippen LogP contribution in [0.25, 0.3) is 0 Å². The third-order valence-corrected chi connectivity index (χ3v) is 3.28. The average molecular weight is 256 g/mol. The normalized spacial score (nSPS) is 10.2. The van der Waals surface area contributed by atoms with Gasteiger partial charge in [-0.05, 0) is 43.5 Å². The van der Waals surface area contributed by atoms with Crippen molar-refractivity contribution in [3.63, 3.8) is 0 Å². The number of amides is 1.